The molecule has 1 rings (SSSR count). The van der Waals surface area contributed by atoms with E-state index in [1.54, 1.807) is 0 Å². The molecule has 0 bridgehead atoms. The van der Waals surface area contributed by atoms with Crippen LogP contribution in [0.3, 0.4) is 0 Å². The van der Waals surface area contributed by atoms with Crippen molar-refractivity contribution in [2.45, 2.75) is 32.6 Å². The van der Waals surface area contributed by atoms with Crippen LogP contribution in [0, 0.1) is 5.92 Å². The van der Waals surface area contributed by atoms with Gasteiger partial charge in [-0.25, -0.2) is 0 Å². The van der Waals surface area contributed by atoms with E-state index in [1.807, 2.05) is 13.8 Å². The fraction of sp³-hybridized carbons (Fsp3) is 0.769. The fourth-order valence-electron chi connectivity index (χ4n) is 2.04. The van der Waals surface area contributed by atoms with Crippen molar-refractivity contribution in [2.75, 3.05) is 26.3 Å². The zero-order valence-corrected chi connectivity index (χ0v) is 11.0. The number of carbonyl (C=O) groups is 1. The Morgan fingerprint density at radius 3 is 2.44 bits per heavy atom. The van der Waals surface area contributed by atoms with Crippen LogP contribution in [0.15, 0.2) is 12.2 Å². The monoisotopic (exact) mass is 261 g/mol. The van der Waals surface area contributed by atoms with Crippen molar-refractivity contribution >= 4 is 5.91 Å². The zero-order valence-electron chi connectivity index (χ0n) is 11.0. The minimum Gasteiger partial charge on any atom is -0.378 e. The topological polar surface area (TPSA) is 29.5 Å². The summed E-state index contributed by atoms with van der Waals surface area (Å²) in [7, 11) is 0. The Morgan fingerprint density at radius 2 is 1.94 bits per heavy atom. The molecule has 18 heavy (non-hydrogen) atoms. The molecular formula is C13H21F2NO2. The third-order valence-corrected chi connectivity index (χ3v) is 2.78. The highest BCUT2D eigenvalue weighted by Gasteiger charge is 2.42. The van der Waals surface area contributed by atoms with E-state index in [2.05, 4.69) is 6.58 Å². The number of allylic oxidation sites excluding steroid dienone is 1. The molecule has 0 atom stereocenters. The first-order chi connectivity index (χ1) is 8.33. The number of rotatable bonds is 5. The summed E-state index contributed by atoms with van der Waals surface area (Å²) in [5.74, 6) is -4.17. The van der Waals surface area contributed by atoms with Gasteiger partial charge in [0.2, 0.25) is 0 Å². The molecule has 1 aliphatic rings. The molecule has 0 N–H and O–H groups in total. The third-order valence-electron chi connectivity index (χ3n) is 2.78. The Bertz CT molecular complexity index is 310. The highest BCUT2D eigenvalue weighted by atomic mass is 19.3. The van der Waals surface area contributed by atoms with Gasteiger partial charge in [-0.05, 0) is 12.3 Å². The molecule has 1 saturated heterocycles. The largest absolute Gasteiger partial charge is 0.378 e. The SMILES string of the molecule is C=C(CC(C)C)CC(F)(F)C(=O)N1CCOCC1. The highest BCUT2D eigenvalue weighted by molar-refractivity contribution is 5.83. The van der Waals surface area contributed by atoms with Crippen molar-refractivity contribution in [1.82, 2.24) is 4.90 Å². The summed E-state index contributed by atoms with van der Waals surface area (Å²) in [5, 5.41) is 0. The lowest BCUT2D eigenvalue weighted by Crippen LogP contribution is -2.48. The maximum absolute atomic E-state index is 13.8. The van der Waals surface area contributed by atoms with E-state index in [1.165, 1.54) is 4.90 Å². The molecule has 1 amide bonds. The van der Waals surface area contributed by atoms with Gasteiger partial charge in [-0.3, -0.25) is 4.79 Å². The van der Waals surface area contributed by atoms with E-state index in [9.17, 15) is 13.6 Å². The van der Waals surface area contributed by atoms with Gasteiger partial charge in [-0.15, -0.1) is 0 Å². The molecule has 0 aromatic carbocycles. The summed E-state index contributed by atoms with van der Waals surface area (Å²) in [4.78, 5) is 12.9. The van der Waals surface area contributed by atoms with Gasteiger partial charge in [0.05, 0.1) is 13.2 Å². The predicted molar refractivity (Wildman–Crippen MR) is 65.6 cm³/mol. The average Bonchev–Trinajstić information content (AvgIpc) is 2.27. The van der Waals surface area contributed by atoms with Crippen molar-refractivity contribution in [1.29, 1.82) is 0 Å². The van der Waals surface area contributed by atoms with Crippen LogP contribution in [0.5, 0.6) is 0 Å². The molecule has 0 aromatic heterocycles. The highest BCUT2D eigenvalue weighted by Crippen LogP contribution is 2.28. The second-order valence-corrected chi connectivity index (χ2v) is 5.13. The van der Waals surface area contributed by atoms with Crippen LogP contribution < -0.4 is 0 Å². The van der Waals surface area contributed by atoms with Crippen molar-refractivity contribution < 1.29 is 18.3 Å². The van der Waals surface area contributed by atoms with Gasteiger partial charge >= 0.3 is 5.92 Å². The number of amides is 1. The maximum atomic E-state index is 13.8. The number of carbonyl (C=O) groups excluding carboxylic acids is 1. The lowest BCUT2D eigenvalue weighted by molar-refractivity contribution is -0.161. The van der Waals surface area contributed by atoms with E-state index >= 15 is 0 Å². The number of alkyl halides is 2. The van der Waals surface area contributed by atoms with Crippen LogP contribution in [0.2, 0.25) is 0 Å². The average molecular weight is 261 g/mol. The smallest absolute Gasteiger partial charge is 0.328 e. The van der Waals surface area contributed by atoms with Crippen LogP contribution in [-0.4, -0.2) is 43.0 Å². The normalized spacial score (nSPS) is 17.1. The molecule has 0 aliphatic carbocycles. The second kappa shape index (κ2) is 6.27. The van der Waals surface area contributed by atoms with E-state index < -0.39 is 18.3 Å². The van der Waals surface area contributed by atoms with Crippen molar-refractivity contribution in [2.24, 2.45) is 5.92 Å². The fourth-order valence-corrected chi connectivity index (χ4v) is 2.04. The second-order valence-electron chi connectivity index (χ2n) is 5.13. The lowest BCUT2D eigenvalue weighted by atomic mass is 9.98. The quantitative estimate of drug-likeness (QED) is 0.711. The van der Waals surface area contributed by atoms with Gasteiger partial charge in [0.1, 0.15) is 0 Å². The molecule has 0 radical (unpaired) electrons. The molecule has 1 heterocycles. The third kappa shape index (κ3) is 4.37. The molecule has 0 aromatic rings. The van der Waals surface area contributed by atoms with Crippen LogP contribution in [0.1, 0.15) is 26.7 Å². The number of morpholine rings is 1. The Balaban J connectivity index is 2.55. The molecule has 1 fully saturated rings. The number of hydrogen-bond donors (Lipinski definition) is 0. The summed E-state index contributed by atoms with van der Waals surface area (Å²) in [5.41, 5.74) is 0.427. The van der Waals surface area contributed by atoms with Crippen molar-refractivity contribution in [3.05, 3.63) is 12.2 Å². The van der Waals surface area contributed by atoms with E-state index in [-0.39, 0.29) is 19.0 Å². The summed E-state index contributed by atoms with van der Waals surface area (Å²) in [6, 6.07) is 0. The summed E-state index contributed by atoms with van der Waals surface area (Å²) < 4.78 is 32.7. The molecule has 0 unspecified atom stereocenters. The van der Waals surface area contributed by atoms with Crippen LogP contribution in [0.25, 0.3) is 0 Å². The number of nitrogens with zero attached hydrogens (tertiary/aromatic N) is 1. The summed E-state index contributed by atoms with van der Waals surface area (Å²) in [6.07, 6.45) is -0.0344. The van der Waals surface area contributed by atoms with E-state index in [4.69, 9.17) is 4.74 Å². The predicted octanol–water partition coefficient (Wildman–Crippen LogP) is 2.47. The minimum atomic E-state index is -3.34. The van der Waals surface area contributed by atoms with Crippen molar-refractivity contribution in [3.63, 3.8) is 0 Å². The van der Waals surface area contributed by atoms with Crippen LogP contribution >= 0.6 is 0 Å². The molecule has 0 saturated carbocycles. The first-order valence-electron chi connectivity index (χ1n) is 6.24. The molecule has 0 spiro atoms. The molecule has 1 aliphatic heterocycles. The summed E-state index contributed by atoms with van der Waals surface area (Å²) >= 11 is 0. The van der Waals surface area contributed by atoms with E-state index in [0.29, 0.717) is 25.2 Å². The first-order valence-corrected chi connectivity index (χ1v) is 6.24. The Hall–Kier alpha value is -0.970. The Labute approximate surface area is 107 Å². The van der Waals surface area contributed by atoms with Crippen molar-refractivity contribution in [3.8, 4) is 0 Å². The number of halogens is 2. The molecule has 5 heteroatoms. The minimum absolute atomic E-state index is 0.241. The Morgan fingerprint density at radius 1 is 1.39 bits per heavy atom. The van der Waals surface area contributed by atoms with Gasteiger partial charge in [-0.2, -0.15) is 8.78 Å². The maximum Gasteiger partial charge on any atom is 0.328 e. The van der Waals surface area contributed by atoms with E-state index in [0.717, 1.165) is 0 Å². The molecular weight excluding hydrogens is 240 g/mol. The van der Waals surface area contributed by atoms with Gasteiger partial charge < -0.3 is 9.64 Å². The molecule has 3 nitrogen and oxygen atoms in total. The summed E-state index contributed by atoms with van der Waals surface area (Å²) in [6.45, 7) is 8.65. The van der Waals surface area contributed by atoms with Gasteiger partial charge in [-0.1, -0.05) is 26.0 Å². The standard InChI is InChI=1S/C13H21F2NO2/c1-10(2)8-11(3)9-13(14,15)12(17)16-4-6-18-7-5-16/h10H,3-9H2,1-2H3. The van der Waals surface area contributed by atoms with Gasteiger partial charge in [0.15, 0.2) is 0 Å². The lowest BCUT2D eigenvalue weighted by Gasteiger charge is -2.30. The first kappa shape index (κ1) is 15.1. The van der Waals surface area contributed by atoms with Crippen LogP contribution in [-0.2, 0) is 9.53 Å². The number of ether oxygens (including phenoxy) is 1. The zero-order chi connectivity index (χ0) is 13.8. The Kier molecular flexibility index (Phi) is 5.26. The van der Waals surface area contributed by atoms with Crippen LogP contribution in [0.4, 0.5) is 8.78 Å². The van der Waals surface area contributed by atoms with Gasteiger partial charge in [0.25, 0.3) is 5.91 Å². The van der Waals surface area contributed by atoms with Gasteiger partial charge in [0, 0.05) is 19.5 Å². The number of hydrogen-bond acceptors (Lipinski definition) is 2. The molecule has 104 valence electrons.